The van der Waals surface area contributed by atoms with Gasteiger partial charge in [-0.3, -0.25) is 0 Å². The number of furan rings is 2. The number of para-hydroxylation sites is 4. The van der Waals surface area contributed by atoms with Gasteiger partial charge in [0.1, 0.15) is 11.2 Å². The number of hydrogen-bond acceptors (Lipinski definition) is 4. The summed E-state index contributed by atoms with van der Waals surface area (Å²) in [6.45, 7) is 4.34. The summed E-state index contributed by atoms with van der Waals surface area (Å²) in [6, 6.07) is 89.2. The van der Waals surface area contributed by atoms with E-state index in [0.717, 1.165) is 88.8 Å². The van der Waals surface area contributed by atoms with E-state index in [4.69, 9.17) is 8.83 Å². The lowest BCUT2D eigenvalue weighted by molar-refractivity contribution is 0.668. The fourth-order valence-corrected chi connectivity index (χ4v) is 13.3. The van der Waals surface area contributed by atoms with E-state index in [9.17, 15) is 0 Å². The van der Waals surface area contributed by atoms with Gasteiger partial charge in [0.05, 0.1) is 22.5 Å². The van der Waals surface area contributed by atoms with Crippen LogP contribution in [0.15, 0.2) is 251 Å². The average Bonchev–Trinajstić information content (AvgIpc) is 4.24. The Bertz CT molecular complexity index is 4680. The first-order valence-electron chi connectivity index (χ1n) is 25.9. The van der Waals surface area contributed by atoms with Gasteiger partial charge in [-0.25, -0.2) is 0 Å². The van der Waals surface area contributed by atoms with Crippen LogP contribution in [0.1, 0.15) is 33.4 Å². The van der Waals surface area contributed by atoms with Gasteiger partial charge in [-0.1, -0.05) is 176 Å². The van der Waals surface area contributed by atoms with Gasteiger partial charge in [-0.05, 0) is 152 Å². The lowest BCUT2D eigenvalue weighted by Gasteiger charge is -2.34. The Labute approximate surface area is 433 Å². The molecule has 0 unspecified atom stereocenters. The van der Waals surface area contributed by atoms with Crippen molar-refractivity contribution in [1.29, 1.82) is 0 Å². The predicted octanol–water partition coefficient (Wildman–Crippen LogP) is 19.7. The van der Waals surface area contributed by atoms with E-state index in [2.05, 4.69) is 260 Å². The summed E-state index contributed by atoms with van der Waals surface area (Å²) in [7, 11) is 0. The van der Waals surface area contributed by atoms with Crippen molar-refractivity contribution in [1.82, 2.24) is 0 Å². The van der Waals surface area contributed by atoms with Crippen LogP contribution in [0.4, 0.5) is 34.1 Å². The molecule has 75 heavy (non-hydrogen) atoms. The lowest BCUT2D eigenvalue weighted by Crippen LogP contribution is -2.26. The first-order chi connectivity index (χ1) is 37.0. The SMILES string of the molecule is Cc1cccc(N(c2ccc3c4c(ccc3c2)-c2c(cc(N(c3cccc(C)c3)c3cccc5c3oc3ccccc35)c3ccccc23)C42c3ccccc3-c3ccccc32)c2cccc3c2oc2ccccc23)c1. The number of benzene rings is 12. The summed E-state index contributed by atoms with van der Waals surface area (Å²) < 4.78 is 13.7. The summed E-state index contributed by atoms with van der Waals surface area (Å²) in [4.78, 5) is 4.83. The second-order valence-electron chi connectivity index (χ2n) is 20.5. The van der Waals surface area contributed by atoms with Crippen LogP contribution in [0.25, 0.3) is 87.7 Å². The van der Waals surface area contributed by atoms with Crippen molar-refractivity contribution in [3.63, 3.8) is 0 Å². The molecule has 4 heteroatoms. The lowest BCUT2D eigenvalue weighted by atomic mass is 9.69. The predicted molar refractivity (Wildman–Crippen MR) is 311 cm³/mol. The van der Waals surface area contributed by atoms with Crippen LogP contribution >= 0.6 is 0 Å². The van der Waals surface area contributed by atoms with Gasteiger partial charge in [0, 0.05) is 44.0 Å². The average molecular weight is 959 g/mol. The van der Waals surface area contributed by atoms with Crippen LogP contribution in [0.5, 0.6) is 0 Å². The Morgan fingerprint density at radius 3 is 1.45 bits per heavy atom. The van der Waals surface area contributed by atoms with Crippen LogP contribution in [0, 0.1) is 13.8 Å². The standard InChI is InChI=1S/C71H46N2O2/c1-43-17-13-19-46(39-43)72(62-31-15-27-56-53-24-7-11-33-65(53)74-69(56)62)48-36-38-49-45(41-48)35-37-58-67-55-26-4-3-23-52(55)64(42-61(67)71(68(49)58)59-29-9-5-21-50(59)51-22-6-10-30-60(51)71)73(47-20-14-18-44(2)40-47)63-32-16-28-57-54-25-8-12-34-66(54)75-70(57)63/h3-42H,1-2H3. The molecule has 1 spiro atoms. The maximum Gasteiger partial charge on any atom is 0.159 e. The maximum atomic E-state index is 6.90. The van der Waals surface area contributed by atoms with E-state index in [-0.39, 0.29) is 0 Å². The molecule has 14 aromatic rings. The molecule has 16 rings (SSSR count). The van der Waals surface area contributed by atoms with E-state index in [1.54, 1.807) is 0 Å². The first-order valence-corrected chi connectivity index (χ1v) is 25.9. The zero-order valence-electron chi connectivity index (χ0n) is 41.3. The summed E-state index contributed by atoms with van der Waals surface area (Å²) in [5.41, 5.74) is 21.7. The Hall–Kier alpha value is -9.64. The van der Waals surface area contributed by atoms with Crippen molar-refractivity contribution in [2.45, 2.75) is 19.3 Å². The Kier molecular flexibility index (Phi) is 8.77. The van der Waals surface area contributed by atoms with Crippen molar-refractivity contribution in [2.75, 3.05) is 9.80 Å². The smallest absolute Gasteiger partial charge is 0.159 e. The summed E-state index contributed by atoms with van der Waals surface area (Å²) in [6.07, 6.45) is 0. The highest BCUT2D eigenvalue weighted by Crippen LogP contribution is 2.66. The number of nitrogens with zero attached hydrogens (tertiary/aromatic N) is 2. The highest BCUT2D eigenvalue weighted by atomic mass is 16.3. The molecule has 0 aliphatic heterocycles. The molecule has 2 aromatic heterocycles. The molecule has 0 saturated carbocycles. The van der Waals surface area contributed by atoms with E-state index in [1.165, 1.54) is 66.4 Å². The van der Waals surface area contributed by atoms with Crippen LogP contribution in [-0.4, -0.2) is 0 Å². The summed E-state index contributed by atoms with van der Waals surface area (Å²) in [5.74, 6) is 0. The molecule has 12 aromatic carbocycles. The van der Waals surface area contributed by atoms with E-state index in [1.807, 2.05) is 6.07 Å². The molecule has 352 valence electrons. The van der Waals surface area contributed by atoms with Crippen LogP contribution in [0.2, 0.25) is 0 Å². The number of rotatable bonds is 6. The number of anilines is 6. The molecule has 0 atom stereocenters. The van der Waals surface area contributed by atoms with E-state index >= 15 is 0 Å². The molecular weight excluding hydrogens is 913 g/mol. The fraction of sp³-hybridized carbons (Fsp3) is 0.0423. The minimum atomic E-state index is -0.669. The van der Waals surface area contributed by atoms with Gasteiger partial charge < -0.3 is 18.6 Å². The zero-order chi connectivity index (χ0) is 49.5. The van der Waals surface area contributed by atoms with Gasteiger partial charge in [0.15, 0.2) is 11.2 Å². The van der Waals surface area contributed by atoms with Crippen molar-refractivity contribution < 1.29 is 8.83 Å². The van der Waals surface area contributed by atoms with Crippen LogP contribution < -0.4 is 9.80 Å². The largest absolute Gasteiger partial charge is 0.454 e. The van der Waals surface area contributed by atoms with Gasteiger partial charge >= 0.3 is 0 Å². The van der Waals surface area contributed by atoms with Crippen LogP contribution in [0.3, 0.4) is 0 Å². The summed E-state index contributed by atoms with van der Waals surface area (Å²) >= 11 is 0. The fourth-order valence-electron chi connectivity index (χ4n) is 13.3. The monoisotopic (exact) mass is 958 g/mol. The normalized spacial score (nSPS) is 13.0. The van der Waals surface area contributed by atoms with Crippen molar-refractivity contribution >= 4 is 99.5 Å². The molecular formula is C71H46N2O2. The minimum absolute atomic E-state index is 0.669. The van der Waals surface area contributed by atoms with E-state index < -0.39 is 5.41 Å². The van der Waals surface area contributed by atoms with Gasteiger partial charge in [-0.2, -0.15) is 0 Å². The third kappa shape index (κ3) is 5.82. The van der Waals surface area contributed by atoms with Gasteiger partial charge in [0.2, 0.25) is 0 Å². The molecule has 2 aliphatic carbocycles. The minimum Gasteiger partial charge on any atom is -0.454 e. The third-order valence-electron chi connectivity index (χ3n) is 16.3. The molecule has 0 radical (unpaired) electrons. The molecule has 0 N–H and O–H groups in total. The molecule has 0 amide bonds. The number of fused-ring (bicyclic) bond motifs is 20. The third-order valence-corrected chi connectivity index (χ3v) is 16.3. The molecule has 0 bridgehead atoms. The first kappa shape index (κ1) is 41.9. The number of aryl methyl sites for hydroxylation is 2. The van der Waals surface area contributed by atoms with Gasteiger partial charge in [-0.15, -0.1) is 0 Å². The highest BCUT2D eigenvalue weighted by Gasteiger charge is 2.53. The zero-order valence-corrected chi connectivity index (χ0v) is 41.3. The van der Waals surface area contributed by atoms with Crippen molar-refractivity contribution in [3.8, 4) is 22.3 Å². The topological polar surface area (TPSA) is 32.8 Å². The summed E-state index contributed by atoms with van der Waals surface area (Å²) in [5, 5.41) is 9.16. The molecule has 0 fully saturated rings. The highest BCUT2D eigenvalue weighted by molar-refractivity contribution is 6.17. The quantitative estimate of drug-likeness (QED) is 0.166. The van der Waals surface area contributed by atoms with E-state index in [0.29, 0.717) is 0 Å². The maximum absolute atomic E-state index is 6.90. The Morgan fingerprint density at radius 1 is 0.320 bits per heavy atom. The van der Waals surface area contributed by atoms with Gasteiger partial charge in [0.25, 0.3) is 0 Å². The molecule has 2 heterocycles. The van der Waals surface area contributed by atoms with Crippen LogP contribution in [-0.2, 0) is 5.41 Å². The second-order valence-corrected chi connectivity index (χ2v) is 20.5. The molecule has 2 aliphatic rings. The van der Waals surface area contributed by atoms with Crippen molar-refractivity contribution in [3.05, 3.63) is 276 Å². The Morgan fingerprint density at radius 2 is 0.827 bits per heavy atom. The molecule has 0 saturated heterocycles. The Balaban J connectivity index is 0.994. The van der Waals surface area contributed by atoms with Crippen molar-refractivity contribution in [2.24, 2.45) is 0 Å². The second kappa shape index (κ2) is 15.7. The molecule has 4 nitrogen and oxygen atoms in total. The number of hydrogen-bond donors (Lipinski definition) is 0.